The number of nitro groups is 1. The molecule has 0 saturated carbocycles. The van der Waals surface area contributed by atoms with Crippen LogP contribution >= 0.6 is 0 Å². The van der Waals surface area contributed by atoms with E-state index in [-0.39, 0.29) is 11.5 Å². The Kier molecular flexibility index (Phi) is 4.75. The number of allylic oxidation sites excluding steroid dienone is 2. The molecule has 0 aliphatic heterocycles. The van der Waals surface area contributed by atoms with Gasteiger partial charge in [-0.05, 0) is 25.3 Å². The van der Waals surface area contributed by atoms with Crippen molar-refractivity contribution >= 4 is 11.5 Å². The first-order chi connectivity index (χ1) is 8.97. The normalized spacial score (nSPS) is 10.8. The smallest absolute Gasteiger partial charge is 0.269 e. The van der Waals surface area contributed by atoms with Crippen LogP contribution < -0.4 is 0 Å². The summed E-state index contributed by atoms with van der Waals surface area (Å²) in [6.07, 6.45) is 4.33. The van der Waals surface area contributed by atoms with Crippen LogP contribution in [0.5, 0.6) is 0 Å². The largest absolute Gasteiger partial charge is 0.299 e. The molecule has 19 heavy (non-hydrogen) atoms. The molecule has 4 nitrogen and oxygen atoms in total. The second-order valence-corrected chi connectivity index (χ2v) is 4.43. The molecule has 1 rings (SSSR count). The Morgan fingerprint density at radius 2 is 1.74 bits per heavy atom. The highest BCUT2D eigenvalue weighted by atomic mass is 16.6. The number of Topliss-reactive ketones (excluding diaryl/α,β-unsaturated/α-hetero) is 1. The lowest BCUT2D eigenvalue weighted by atomic mass is 9.72. The zero-order chi connectivity index (χ0) is 14.5. The summed E-state index contributed by atoms with van der Waals surface area (Å²) in [5, 5.41) is 10.7. The lowest BCUT2D eigenvalue weighted by Gasteiger charge is -2.29. The highest BCUT2D eigenvalue weighted by Crippen LogP contribution is 2.34. The van der Waals surface area contributed by atoms with E-state index < -0.39 is 10.3 Å². The van der Waals surface area contributed by atoms with Crippen LogP contribution in [0.15, 0.2) is 49.6 Å². The van der Waals surface area contributed by atoms with Gasteiger partial charge in [0.1, 0.15) is 5.78 Å². The maximum absolute atomic E-state index is 12.0. The van der Waals surface area contributed by atoms with E-state index in [9.17, 15) is 14.9 Å². The third kappa shape index (κ3) is 2.96. The van der Waals surface area contributed by atoms with Crippen molar-refractivity contribution in [2.75, 3.05) is 0 Å². The highest BCUT2D eigenvalue weighted by Gasteiger charge is 2.35. The van der Waals surface area contributed by atoms with E-state index in [0.717, 1.165) is 5.56 Å². The number of hydrogen-bond donors (Lipinski definition) is 0. The van der Waals surface area contributed by atoms with Crippen LogP contribution in [0, 0.1) is 10.1 Å². The lowest BCUT2D eigenvalue weighted by Crippen LogP contribution is -2.33. The summed E-state index contributed by atoms with van der Waals surface area (Å²) in [7, 11) is 0. The first-order valence-electron chi connectivity index (χ1n) is 5.95. The van der Waals surface area contributed by atoms with Crippen molar-refractivity contribution in [1.82, 2.24) is 0 Å². The quantitative estimate of drug-likeness (QED) is 0.427. The molecule has 4 heteroatoms. The molecule has 1 aromatic rings. The fourth-order valence-electron chi connectivity index (χ4n) is 2.20. The van der Waals surface area contributed by atoms with E-state index in [1.165, 1.54) is 19.1 Å². The highest BCUT2D eigenvalue weighted by molar-refractivity contribution is 5.88. The minimum absolute atomic E-state index is 0.00107. The maximum atomic E-state index is 12.0. The van der Waals surface area contributed by atoms with Crippen LogP contribution in [-0.2, 0) is 10.2 Å². The van der Waals surface area contributed by atoms with Gasteiger partial charge in [-0.3, -0.25) is 14.9 Å². The zero-order valence-electron chi connectivity index (χ0n) is 11.0. The van der Waals surface area contributed by atoms with E-state index in [1.807, 2.05) is 0 Å². The number of hydrogen-bond acceptors (Lipinski definition) is 3. The number of non-ortho nitro benzene ring substituents is 1. The van der Waals surface area contributed by atoms with Crippen molar-refractivity contribution in [3.8, 4) is 0 Å². The average molecular weight is 259 g/mol. The van der Waals surface area contributed by atoms with Crippen molar-refractivity contribution < 1.29 is 9.72 Å². The minimum Gasteiger partial charge on any atom is -0.299 e. The van der Waals surface area contributed by atoms with Crippen molar-refractivity contribution in [3.63, 3.8) is 0 Å². The van der Waals surface area contributed by atoms with Gasteiger partial charge in [0.2, 0.25) is 0 Å². The van der Waals surface area contributed by atoms with E-state index >= 15 is 0 Å². The summed E-state index contributed by atoms with van der Waals surface area (Å²) in [6.45, 7) is 8.90. The molecule has 0 spiro atoms. The van der Waals surface area contributed by atoms with Crippen molar-refractivity contribution in [3.05, 3.63) is 65.3 Å². The molecular formula is C15H17NO3. The standard InChI is InChI=1S/C15H17NO3/c1-4-10-15(11-5-2,12(3)17)13-6-8-14(9-7-13)16(18)19/h4-9H,1-2,10-11H2,3H3. The van der Waals surface area contributed by atoms with Crippen LogP contribution in [0.3, 0.4) is 0 Å². The first kappa shape index (κ1) is 14.8. The van der Waals surface area contributed by atoms with Crippen LogP contribution in [0.25, 0.3) is 0 Å². The Morgan fingerprint density at radius 1 is 1.26 bits per heavy atom. The number of benzene rings is 1. The molecule has 0 fully saturated rings. The zero-order valence-corrected chi connectivity index (χ0v) is 11.0. The van der Waals surface area contributed by atoms with Gasteiger partial charge < -0.3 is 0 Å². The Hall–Kier alpha value is -2.23. The molecule has 0 atom stereocenters. The van der Waals surface area contributed by atoms with Gasteiger partial charge in [0.15, 0.2) is 0 Å². The molecule has 0 unspecified atom stereocenters. The molecule has 0 aromatic heterocycles. The number of rotatable bonds is 7. The lowest BCUT2D eigenvalue weighted by molar-refractivity contribution is -0.384. The third-order valence-electron chi connectivity index (χ3n) is 3.29. The van der Waals surface area contributed by atoms with Crippen LogP contribution in [-0.4, -0.2) is 10.7 Å². The van der Waals surface area contributed by atoms with Crippen molar-refractivity contribution in [2.45, 2.75) is 25.2 Å². The number of carbonyl (C=O) groups excluding carboxylic acids is 1. The Balaban J connectivity index is 3.30. The average Bonchev–Trinajstić information content (AvgIpc) is 2.38. The van der Waals surface area contributed by atoms with E-state index in [4.69, 9.17) is 0 Å². The van der Waals surface area contributed by atoms with Crippen molar-refractivity contribution in [1.29, 1.82) is 0 Å². The Morgan fingerprint density at radius 3 is 2.05 bits per heavy atom. The number of nitrogens with zero attached hydrogens (tertiary/aromatic N) is 1. The van der Waals surface area contributed by atoms with E-state index in [1.54, 1.807) is 24.3 Å². The van der Waals surface area contributed by atoms with Gasteiger partial charge in [0.05, 0.1) is 10.3 Å². The van der Waals surface area contributed by atoms with Gasteiger partial charge in [-0.25, -0.2) is 0 Å². The monoisotopic (exact) mass is 259 g/mol. The van der Waals surface area contributed by atoms with Crippen molar-refractivity contribution in [2.24, 2.45) is 0 Å². The van der Waals surface area contributed by atoms with E-state index in [0.29, 0.717) is 12.8 Å². The Bertz CT molecular complexity index is 493. The molecular weight excluding hydrogens is 242 g/mol. The summed E-state index contributed by atoms with van der Waals surface area (Å²) in [4.78, 5) is 22.2. The minimum atomic E-state index is -0.724. The van der Waals surface area contributed by atoms with Gasteiger partial charge in [-0.15, -0.1) is 13.2 Å². The van der Waals surface area contributed by atoms with E-state index in [2.05, 4.69) is 13.2 Å². The summed E-state index contributed by atoms with van der Waals surface area (Å²) >= 11 is 0. The molecule has 100 valence electrons. The van der Waals surface area contributed by atoms with Gasteiger partial charge >= 0.3 is 0 Å². The molecule has 0 saturated heterocycles. The summed E-state index contributed by atoms with van der Waals surface area (Å²) in [5.74, 6) is 0.00107. The third-order valence-corrected chi connectivity index (χ3v) is 3.29. The molecule has 0 bridgehead atoms. The maximum Gasteiger partial charge on any atom is 0.269 e. The second kappa shape index (κ2) is 6.09. The number of nitro benzene ring substituents is 1. The summed E-state index contributed by atoms with van der Waals surface area (Å²) in [5.41, 5.74) is 0.0438. The molecule has 0 N–H and O–H groups in total. The van der Waals surface area contributed by atoms with Crippen LogP contribution in [0.4, 0.5) is 5.69 Å². The van der Waals surface area contributed by atoms with Gasteiger partial charge in [-0.2, -0.15) is 0 Å². The first-order valence-corrected chi connectivity index (χ1v) is 5.95. The molecule has 0 radical (unpaired) electrons. The fourth-order valence-corrected chi connectivity index (χ4v) is 2.20. The summed E-state index contributed by atoms with van der Waals surface area (Å²) < 4.78 is 0. The molecule has 0 heterocycles. The fraction of sp³-hybridized carbons (Fsp3) is 0.267. The molecule has 0 aliphatic carbocycles. The number of carbonyl (C=O) groups is 1. The van der Waals surface area contributed by atoms with Gasteiger partial charge in [0, 0.05) is 12.1 Å². The molecule has 1 aromatic carbocycles. The predicted molar refractivity (Wildman–Crippen MR) is 75.1 cm³/mol. The molecule has 0 amide bonds. The SMILES string of the molecule is C=CCC(CC=C)(C(C)=O)c1ccc([N+](=O)[O-])cc1. The van der Waals surface area contributed by atoms with Gasteiger partial charge in [-0.1, -0.05) is 24.3 Å². The topological polar surface area (TPSA) is 60.2 Å². The molecule has 0 aliphatic rings. The Labute approximate surface area is 112 Å². The van der Waals surface area contributed by atoms with Gasteiger partial charge in [0.25, 0.3) is 5.69 Å². The number of ketones is 1. The summed E-state index contributed by atoms with van der Waals surface area (Å²) in [6, 6.07) is 6.09. The van der Waals surface area contributed by atoms with Crippen LogP contribution in [0.1, 0.15) is 25.3 Å². The predicted octanol–water partition coefficient (Wildman–Crippen LogP) is 3.57. The van der Waals surface area contributed by atoms with Crippen LogP contribution in [0.2, 0.25) is 0 Å². The second-order valence-electron chi connectivity index (χ2n) is 4.43.